The van der Waals surface area contributed by atoms with Crippen LogP contribution in [0.2, 0.25) is 0 Å². The van der Waals surface area contributed by atoms with E-state index in [0.717, 1.165) is 48.3 Å². The van der Waals surface area contributed by atoms with Crippen molar-refractivity contribution in [2.75, 3.05) is 43.4 Å². The summed E-state index contributed by atoms with van der Waals surface area (Å²) in [6, 6.07) is 20.8. The standard InChI is InChI=1S/C34H38N4O6S3/c1-5-37(6-2)24-12-15-27-30(21-24)44-31-22-25(38(7-3)8-4)13-16-28(31)34(27)29-17-14-26(23-32(29)47(41,42)43)46(39,40)36-19-20-45-33-11-9-10-18-35-33/h9-18,21-23,36H,5-8,19-20H2,1-4H3/p+1. The minimum absolute atomic E-state index is 0.0890. The van der Waals surface area contributed by atoms with E-state index in [-0.39, 0.29) is 17.0 Å². The Morgan fingerprint density at radius 3 is 2.30 bits per heavy atom. The fourth-order valence-corrected chi connectivity index (χ4v) is 8.37. The molecule has 1 aliphatic carbocycles. The molecule has 2 heterocycles. The predicted molar refractivity (Wildman–Crippen MR) is 188 cm³/mol. The quantitative estimate of drug-likeness (QED) is 0.0533. The van der Waals surface area contributed by atoms with Crippen molar-refractivity contribution in [3.05, 3.63) is 84.4 Å². The number of anilines is 1. The Balaban J connectivity index is 1.66. The van der Waals surface area contributed by atoms with Crippen molar-refractivity contribution in [1.82, 2.24) is 14.3 Å². The maximum atomic E-state index is 13.3. The van der Waals surface area contributed by atoms with E-state index in [2.05, 4.69) is 46.9 Å². The first kappa shape index (κ1) is 34.6. The molecule has 0 unspecified atom stereocenters. The van der Waals surface area contributed by atoms with Gasteiger partial charge in [-0.15, -0.1) is 11.8 Å². The van der Waals surface area contributed by atoms with Crippen molar-refractivity contribution >= 4 is 48.6 Å². The van der Waals surface area contributed by atoms with E-state index in [1.165, 1.54) is 23.9 Å². The van der Waals surface area contributed by atoms with Gasteiger partial charge in [0.1, 0.15) is 29.3 Å². The number of hydrogen-bond donors (Lipinski definition) is 2. The topological polar surface area (TPSA) is 133 Å². The SMILES string of the molecule is CCN(CC)c1ccc2c(-c3ccc(S(=O)(=O)NCCSc4ccccn4)cc3S(=O)(=O)O)c3ccc(=[N+](CC)CC)cc-3oc2c1. The van der Waals surface area contributed by atoms with Crippen LogP contribution in [0.15, 0.2) is 98.2 Å². The van der Waals surface area contributed by atoms with Gasteiger partial charge in [0.05, 0.1) is 16.0 Å². The highest BCUT2D eigenvalue weighted by Crippen LogP contribution is 2.43. The summed E-state index contributed by atoms with van der Waals surface area (Å²) in [6.07, 6.45) is 1.66. The molecule has 0 spiro atoms. The Labute approximate surface area is 280 Å². The van der Waals surface area contributed by atoms with Gasteiger partial charge >= 0.3 is 0 Å². The number of sulfonamides is 1. The average molecular weight is 696 g/mol. The van der Waals surface area contributed by atoms with E-state index in [9.17, 15) is 21.4 Å². The number of aromatic nitrogens is 1. The Kier molecular flexibility index (Phi) is 10.7. The maximum Gasteiger partial charge on any atom is 0.295 e. The van der Waals surface area contributed by atoms with Crippen LogP contribution in [0.25, 0.3) is 33.4 Å². The normalized spacial score (nSPS) is 12.1. The molecular formula is C34H39N4O6S3+. The van der Waals surface area contributed by atoms with E-state index in [1.807, 2.05) is 48.5 Å². The molecular weight excluding hydrogens is 657 g/mol. The molecule has 10 nitrogen and oxygen atoms in total. The summed E-state index contributed by atoms with van der Waals surface area (Å²) in [5.74, 6) is 0.939. The Hall–Kier alpha value is -3.75. The summed E-state index contributed by atoms with van der Waals surface area (Å²) in [7, 11) is -8.99. The molecule has 2 N–H and O–H groups in total. The van der Waals surface area contributed by atoms with Crippen LogP contribution in [0.1, 0.15) is 27.7 Å². The molecule has 0 saturated heterocycles. The van der Waals surface area contributed by atoms with E-state index in [0.29, 0.717) is 33.6 Å². The van der Waals surface area contributed by atoms with Crippen LogP contribution in [-0.4, -0.2) is 64.8 Å². The smallest absolute Gasteiger partial charge is 0.295 e. The zero-order chi connectivity index (χ0) is 33.8. The third kappa shape index (κ3) is 7.54. The van der Waals surface area contributed by atoms with E-state index < -0.39 is 25.0 Å². The van der Waals surface area contributed by atoms with Gasteiger partial charge in [0.15, 0.2) is 0 Å². The molecule has 2 aliphatic rings. The van der Waals surface area contributed by atoms with Gasteiger partial charge in [-0.1, -0.05) is 12.1 Å². The fraction of sp³-hybridized carbons (Fsp3) is 0.294. The number of fused-ring (bicyclic) bond motifs is 2. The van der Waals surface area contributed by atoms with Crippen LogP contribution in [0.4, 0.5) is 5.69 Å². The highest BCUT2D eigenvalue weighted by molar-refractivity contribution is 7.99. The highest BCUT2D eigenvalue weighted by Gasteiger charge is 2.27. The summed E-state index contributed by atoms with van der Waals surface area (Å²) in [4.78, 5) is 5.60. The minimum Gasteiger partial charge on any atom is -0.456 e. The van der Waals surface area contributed by atoms with Gasteiger partial charge < -0.3 is 9.32 Å². The second-order valence-corrected chi connectivity index (χ2v) is 15.0. The molecule has 0 saturated carbocycles. The Morgan fingerprint density at radius 1 is 0.894 bits per heavy atom. The van der Waals surface area contributed by atoms with Gasteiger partial charge in [0.2, 0.25) is 15.4 Å². The lowest BCUT2D eigenvalue weighted by atomic mass is 9.93. The average Bonchev–Trinajstić information content (AvgIpc) is 3.06. The predicted octanol–water partition coefficient (Wildman–Crippen LogP) is 5.58. The number of rotatable bonds is 13. The van der Waals surface area contributed by atoms with Gasteiger partial charge in [-0.3, -0.25) is 4.55 Å². The van der Waals surface area contributed by atoms with Crippen LogP contribution in [0.3, 0.4) is 0 Å². The van der Waals surface area contributed by atoms with E-state index in [1.54, 1.807) is 12.3 Å². The monoisotopic (exact) mass is 695 g/mol. The minimum atomic E-state index is -4.87. The van der Waals surface area contributed by atoms with Gasteiger partial charge in [-0.25, -0.2) is 22.7 Å². The Bertz CT molecular complexity index is 2140. The lowest BCUT2D eigenvalue weighted by Crippen LogP contribution is -2.29. The first-order valence-electron chi connectivity index (χ1n) is 15.5. The number of nitrogens with one attached hydrogen (secondary N) is 1. The lowest BCUT2D eigenvalue weighted by Gasteiger charge is -2.22. The molecule has 0 amide bonds. The molecule has 248 valence electrons. The first-order valence-corrected chi connectivity index (χ1v) is 19.4. The summed E-state index contributed by atoms with van der Waals surface area (Å²) in [6.45, 7) is 11.5. The summed E-state index contributed by atoms with van der Waals surface area (Å²) < 4.78 is 74.1. The molecule has 0 fully saturated rings. The highest BCUT2D eigenvalue weighted by atomic mass is 32.2. The van der Waals surface area contributed by atoms with Gasteiger partial charge in [0, 0.05) is 71.5 Å². The molecule has 5 rings (SSSR count). The van der Waals surface area contributed by atoms with Gasteiger partial charge in [-0.05, 0) is 70.2 Å². The van der Waals surface area contributed by atoms with Gasteiger partial charge in [-0.2, -0.15) is 8.42 Å². The summed E-state index contributed by atoms with van der Waals surface area (Å²) in [5, 5.41) is 2.32. The first-order chi connectivity index (χ1) is 22.5. The molecule has 13 heteroatoms. The summed E-state index contributed by atoms with van der Waals surface area (Å²) >= 11 is 1.39. The molecule has 1 aliphatic heterocycles. The number of nitrogens with zero attached hydrogens (tertiary/aromatic N) is 3. The zero-order valence-corrected chi connectivity index (χ0v) is 29.3. The molecule has 3 aromatic rings. The second-order valence-electron chi connectivity index (χ2n) is 10.7. The van der Waals surface area contributed by atoms with Gasteiger partial charge in [0.25, 0.3) is 10.1 Å². The fourth-order valence-electron chi connectivity index (χ4n) is 5.67. The molecule has 0 radical (unpaired) electrons. The number of pyridine rings is 1. The Morgan fingerprint density at radius 2 is 1.64 bits per heavy atom. The molecule has 47 heavy (non-hydrogen) atoms. The van der Waals surface area contributed by atoms with Crippen LogP contribution in [0, 0.1) is 0 Å². The van der Waals surface area contributed by atoms with Crippen molar-refractivity contribution in [3.63, 3.8) is 0 Å². The van der Waals surface area contributed by atoms with Crippen molar-refractivity contribution in [1.29, 1.82) is 0 Å². The third-order valence-electron chi connectivity index (χ3n) is 8.04. The largest absolute Gasteiger partial charge is 0.456 e. The number of thioether (sulfide) groups is 1. The molecule has 0 bridgehead atoms. The van der Waals surface area contributed by atoms with Crippen molar-refractivity contribution < 1.29 is 25.8 Å². The number of benzene rings is 3. The third-order valence-corrected chi connectivity index (χ3v) is 11.3. The van der Waals surface area contributed by atoms with E-state index in [4.69, 9.17) is 4.42 Å². The maximum absolute atomic E-state index is 13.3. The summed E-state index contributed by atoms with van der Waals surface area (Å²) in [5.41, 5.74) is 2.76. The zero-order valence-electron chi connectivity index (χ0n) is 26.8. The van der Waals surface area contributed by atoms with Crippen molar-refractivity contribution in [3.8, 4) is 22.5 Å². The molecule has 0 atom stereocenters. The molecule has 1 aromatic heterocycles. The van der Waals surface area contributed by atoms with Crippen LogP contribution in [0.5, 0.6) is 0 Å². The van der Waals surface area contributed by atoms with Crippen LogP contribution >= 0.6 is 11.8 Å². The van der Waals surface area contributed by atoms with Crippen LogP contribution < -0.4 is 19.6 Å². The van der Waals surface area contributed by atoms with Crippen molar-refractivity contribution in [2.24, 2.45) is 0 Å². The second kappa shape index (κ2) is 14.6. The number of hydrogen-bond acceptors (Lipinski definition) is 8. The molecule has 2 aromatic carbocycles. The van der Waals surface area contributed by atoms with E-state index >= 15 is 0 Å². The lowest BCUT2D eigenvalue weighted by molar-refractivity contribution is 0.483. The van der Waals surface area contributed by atoms with Crippen LogP contribution in [-0.2, 0) is 20.1 Å². The van der Waals surface area contributed by atoms with Crippen molar-refractivity contribution in [2.45, 2.75) is 42.5 Å².